The smallest absolute Gasteiger partial charge is 0.203 e. The molecule has 8 heteroatoms. The third-order valence-corrected chi connectivity index (χ3v) is 8.91. The van der Waals surface area contributed by atoms with E-state index >= 15 is 0 Å². The van der Waals surface area contributed by atoms with Gasteiger partial charge in [-0.25, -0.2) is 8.42 Å². The summed E-state index contributed by atoms with van der Waals surface area (Å²) in [4.78, 5) is 2.53. The summed E-state index contributed by atoms with van der Waals surface area (Å²) in [7, 11) is 1.54. The number of para-hydroxylation sites is 1. The number of sulfone groups is 1. The fraction of sp³-hybridized carbons (Fsp3) is 0.241. The van der Waals surface area contributed by atoms with Crippen LogP contribution in [0.25, 0.3) is 16.7 Å². The van der Waals surface area contributed by atoms with Crippen molar-refractivity contribution in [3.8, 4) is 11.5 Å². The number of nitrogens with zero attached hydrogens (tertiary/aromatic N) is 1. The zero-order chi connectivity index (χ0) is 25.7. The maximum atomic E-state index is 13.7. The minimum atomic E-state index is -3.71. The van der Waals surface area contributed by atoms with Crippen LogP contribution in [0.2, 0.25) is 0 Å². The summed E-state index contributed by atoms with van der Waals surface area (Å²) in [6.45, 7) is 0.749. The van der Waals surface area contributed by atoms with Gasteiger partial charge in [0.1, 0.15) is 5.75 Å². The Labute approximate surface area is 216 Å². The number of fused-ring (bicyclic) bond motifs is 1. The van der Waals surface area contributed by atoms with E-state index in [0.717, 1.165) is 46.3 Å². The maximum absolute atomic E-state index is 13.7. The van der Waals surface area contributed by atoms with Crippen LogP contribution >= 0.6 is 0 Å². The Morgan fingerprint density at radius 3 is 2.49 bits per heavy atom. The lowest BCUT2D eigenvalue weighted by Gasteiger charge is -2.32. The molecule has 6 rings (SSSR count). The van der Waals surface area contributed by atoms with E-state index < -0.39 is 9.84 Å². The number of furan rings is 1. The van der Waals surface area contributed by atoms with E-state index in [1.54, 1.807) is 14.2 Å². The number of benzene rings is 3. The van der Waals surface area contributed by atoms with E-state index in [9.17, 15) is 8.42 Å². The van der Waals surface area contributed by atoms with Crippen LogP contribution in [-0.2, 0) is 22.7 Å². The van der Waals surface area contributed by atoms with Crippen LogP contribution in [0.5, 0.6) is 11.5 Å². The first-order chi connectivity index (χ1) is 17.9. The summed E-state index contributed by atoms with van der Waals surface area (Å²) in [6, 6.07) is 17.1. The van der Waals surface area contributed by atoms with E-state index in [4.69, 9.17) is 13.9 Å². The number of hydrogen-bond acceptors (Lipinski definition) is 7. The molecule has 3 heterocycles. The van der Waals surface area contributed by atoms with E-state index in [0.29, 0.717) is 34.1 Å². The van der Waals surface area contributed by atoms with Gasteiger partial charge in [-0.15, -0.1) is 0 Å². The van der Waals surface area contributed by atoms with Crippen molar-refractivity contribution in [2.75, 3.05) is 33.1 Å². The number of nitrogens with one attached hydrogen (secondary N) is 1. The van der Waals surface area contributed by atoms with Gasteiger partial charge in [0, 0.05) is 23.7 Å². The molecular formula is C29H28N2O5S. The molecule has 190 valence electrons. The van der Waals surface area contributed by atoms with Crippen LogP contribution in [0.15, 0.2) is 75.6 Å². The molecule has 0 saturated carbocycles. The number of rotatable bonds is 5. The van der Waals surface area contributed by atoms with E-state index in [-0.39, 0.29) is 6.04 Å². The number of anilines is 1. The quantitative estimate of drug-likeness (QED) is 0.379. The predicted octanol–water partition coefficient (Wildman–Crippen LogP) is 5.42. The van der Waals surface area contributed by atoms with E-state index in [2.05, 4.69) is 16.3 Å². The lowest BCUT2D eigenvalue weighted by molar-refractivity contribution is 0.241. The molecule has 0 aliphatic carbocycles. The van der Waals surface area contributed by atoms with Gasteiger partial charge in [-0.2, -0.15) is 0 Å². The summed E-state index contributed by atoms with van der Waals surface area (Å²) in [5.74, 6) is 1.22. The molecule has 4 aromatic rings. The molecule has 3 aromatic carbocycles. The fourth-order valence-corrected chi connectivity index (χ4v) is 7.19. The minimum absolute atomic E-state index is 0.168. The van der Waals surface area contributed by atoms with Crippen molar-refractivity contribution < 1.29 is 22.3 Å². The summed E-state index contributed by atoms with van der Waals surface area (Å²) >= 11 is 0. The zero-order valence-corrected chi connectivity index (χ0v) is 21.8. The number of hydrogen-bond donors (Lipinski definition) is 1. The van der Waals surface area contributed by atoms with Gasteiger partial charge in [-0.3, -0.25) is 4.90 Å². The lowest BCUT2D eigenvalue weighted by atomic mass is 9.90. The first kappa shape index (κ1) is 23.6. The van der Waals surface area contributed by atoms with Gasteiger partial charge < -0.3 is 19.2 Å². The van der Waals surface area contributed by atoms with Crippen molar-refractivity contribution in [3.05, 3.63) is 88.5 Å². The van der Waals surface area contributed by atoms with Crippen LogP contribution in [0.4, 0.5) is 5.69 Å². The highest BCUT2D eigenvalue weighted by atomic mass is 32.2. The van der Waals surface area contributed by atoms with Crippen LogP contribution in [0, 0.1) is 0 Å². The summed E-state index contributed by atoms with van der Waals surface area (Å²) < 4.78 is 44.4. The molecule has 1 atom stereocenters. The Bertz CT molecular complexity index is 1640. The highest BCUT2D eigenvalue weighted by Gasteiger charge is 2.37. The van der Waals surface area contributed by atoms with E-state index in [1.807, 2.05) is 61.8 Å². The normalized spacial score (nSPS) is 18.6. The van der Waals surface area contributed by atoms with Crippen molar-refractivity contribution in [1.82, 2.24) is 4.90 Å². The highest BCUT2D eigenvalue weighted by Crippen LogP contribution is 2.46. The van der Waals surface area contributed by atoms with Gasteiger partial charge in [-0.1, -0.05) is 30.3 Å². The molecule has 2 aliphatic rings. The number of ether oxygens (including phenoxy) is 2. The van der Waals surface area contributed by atoms with Gasteiger partial charge in [0.05, 0.1) is 42.0 Å². The molecule has 0 spiro atoms. The van der Waals surface area contributed by atoms with Crippen molar-refractivity contribution in [1.29, 1.82) is 0 Å². The molecule has 0 amide bonds. The molecule has 0 saturated heterocycles. The molecule has 1 N–H and O–H groups in total. The average Bonchev–Trinajstić information content (AvgIpc) is 3.44. The SMILES string of the molecule is COc1ccc(C2Cc3ccc(OC)c4occ(c34)CCN2C)c2c1C(Nc1ccccc1)=CS2(=O)=O. The summed E-state index contributed by atoms with van der Waals surface area (Å²) in [5, 5.41) is 5.68. The van der Waals surface area contributed by atoms with Crippen molar-refractivity contribution in [3.63, 3.8) is 0 Å². The monoisotopic (exact) mass is 516 g/mol. The Kier molecular flexibility index (Phi) is 5.73. The van der Waals surface area contributed by atoms with Gasteiger partial charge in [0.15, 0.2) is 11.3 Å². The molecule has 0 bridgehead atoms. The molecule has 1 unspecified atom stereocenters. The molecule has 0 radical (unpaired) electrons. The molecule has 0 fully saturated rings. The Hall–Kier alpha value is -3.75. The summed E-state index contributed by atoms with van der Waals surface area (Å²) in [6.07, 6.45) is 3.22. The second kappa shape index (κ2) is 8.97. The average molecular weight is 517 g/mol. The Morgan fingerprint density at radius 2 is 1.73 bits per heavy atom. The Balaban J connectivity index is 1.50. The number of likely N-dealkylation sites (N-methyl/N-ethyl adjacent to an activating group) is 1. The maximum Gasteiger partial charge on any atom is 0.203 e. The fourth-order valence-electron chi connectivity index (χ4n) is 5.56. The lowest BCUT2D eigenvalue weighted by Crippen LogP contribution is -2.30. The van der Waals surface area contributed by atoms with Gasteiger partial charge >= 0.3 is 0 Å². The van der Waals surface area contributed by atoms with Crippen LogP contribution in [0.3, 0.4) is 0 Å². The highest BCUT2D eigenvalue weighted by molar-refractivity contribution is 7.95. The molecule has 7 nitrogen and oxygen atoms in total. The van der Waals surface area contributed by atoms with Crippen LogP contribution < -0.4 is 14.8 Å². The number of methoxy groups -OCH3 is 2. The van der Waals surface area contributed by atoms with E-state index in [1.165, 1.54) is 5.41 Å². The van der Waals surface area contributed by atoms with Gasteiger partial charge in [-0.05, 0) is 60.8 Å². The summed E-state index contributed by atoms with van der Waals surface area (Å²) in [5.41, 5.74) is 5.63. The van der Waals surface area contributed by atoms with Crippen LogP contribution in [-0.4, -0.2) is 41.1 Å². The van der Waals surface area contributed by atoms with Gasteiger partial charge in [0.25, 0.3) is 0 Å². The molecule has 37 heavy (non-hydrogen) atoms. The predicted molar refractivity (Wildman–Crippen MR) is 144 cm³/mol. The van der Waals surface area contributed by atoms with Crippen molar-refractivity contribution in [2.24, 2.45) is 0 Å². The second-order valence-electron chi connectivity index (χ2n) is 9.47. The first-order valence-corrected chi connectivity index (χ1v) is 13.7. The third kappa shape index (κ3) is 3.88. The molecule has 2 aliphatic heterocycles. The topological polar surface area (TPSA) is 81.0 Å². The first-order valence-electron chi connectivity index (χ1n) is 12.2. The molecular weight excluding hydrogens is 488 g/mol. The third-order valence-electron chi connectivity index (χ3n) is 7.36. The zero-order valence-electron chi connectivity index (χ0n) is 20.9. The van der Waals surface area contributed by atoms with Crippen molar-refractivity contribution >= 4 is 32.2 Å². The largest absolute Gasteiger partial charge is 0.496 e. The molecule has 1 aromatic heterocycles. The minimum Gasteiger partial charge on any atom is -0.496 e. The second-order valence-corrected chi connectivity index (χ2v) is 11.2. The standard InChI is InChI=1S/C29H28N2O5S/c1-31-14-13-19-16-36-28-25(35-3)11-9-18(26(19)28)15-23(31)21-10-12-24(34-2)27-22(17-37(32,33)29(21)27)30-20-7-5-4-6-8-20/h4-12,16-17,23,30H,13-15H2,1-3H3. The van der Waals surface area contributed by atoms with Crippen molar-refractivity contribution in [2.45, 2.75) is 23.8 Å². The van der Waals surface area contributed by atoms with Crippen LogP contribution in [0.1, 0.15) is 28.3 Å². The Morgan fingerprint density at radius 1 is 0.973 bits per heavy atom. The van der Waals surface area contributed by atoms with Gasteiger partial charge in [0.2, 0.25) is 9.84 Å².